The van der Waals surface area contributed by atoms with Crippen LogP contribution in [0.5, 0.6) is 0 Å². The van der Waals surface area contributed by atoms with Crippen LogP contribution in [0.1, 0.15) is 23.2 Å². The Kier molecular flexibility index (Phi) is 6.69. The number of fused-ring (bicyclic) bond motifs is 3. The van der Waals surface area contributed by atoms with Gasteiger partial charge in [-0.05, 0) is 69.4 Å². The minimum atomic E-state index is -0.429. The van der Waals surface area contributed by atoms with E-state index in [4.69, 9.17) is 0 Å². The number of pyridine rings is 3. The fraction of sp³-hybridized carbons (Fsp3) is 0.214. The number of unbranched alkanes of at least 4 members (excludes halogenated alkanes) is 1. The van der Waals surface area contributed by atoms with E-state index in [-0.39, 0.29) is 5.91 Å². The summed E-state index contributed by atoms with van der Waals surface area (Å²) in [5.41, 5.74) is 4.60. The maximum absolute atomic E-state index is 15.2. The van der Waals surface area contributed by atoms with Crippen molar-refractivity contribution < 1.29 is 9.18 Å². The van der Waals surface area contributed by atoms with Gasteiger partial charge in [-0.2, -0.15) is 0 Å². The van der Waals surface area contributed by atoms with Gasteiger partial charge in [-0.15, -0.1) is 0 Å². The molecule has 0 saturated heterocycles. The third-order valence-electron chi connectivity index (χ3n) is 6.17. The van der Waals surface area contributed by atoms with Gasteiger partial charge in [0, 0.05) is 46.4 Å². The van der Waals surface area contributed by atoms with Crippen LogP contribution >= 0.6 is 0 Å². The van der Waals surface area contributed by atoms with E-state index in [0.29, 0.717) is 34.3 Å². The molecule has 7 nitrogen and oxygen atoms in total. The molecule has 4 aromatic heterocycles. The van der Waals surface area contributed by atoms with Crippen molar-refractivity contribution in [1.82, 2.24) is 30.2 Å². The Labute approximate surface area is 208 Å². The van der Waals surface area contributed by atoms with Gasteiger partial charge in [0.15, 0.2) is 0 Å². The van der Waals surface area contributed by atoms with Crippen LogP contribution < -0.4 is 5.32 Å². The van der Waals surface area contributed by atoms with Crippen molar-refractivity contribution in [3.05, 3.63) is 78.6 Å². The summed E-state index contributed by atoms with van der Waals surface area (Å²) in [6, 6.07) is 12.7. The van der Waals surface area contributed by atoms with Crippen LogP contribution in [0.25, 0.3) is 44.3 Å². The van der Waals surface area contributed by atoms with E-state index in [1.165, 1.54) is 6.20 Å². The summed E-state index contributed by atoms with van der Waals surface area (Å²) < 4.78 is 15.2. The third kappa shape index (κ3) is 4.81. The number of aromatic amines is 1. The number of rotatable bonds is 8. The molecule has 0 unspecified atom stereocenters. The Morgan fingerprint density at radius 3 is 2.61 bits per heavy atom. The second-order valence-electron chi connectivity index (χ2n) is 9.03. The van der Waals surface area contributed by atoms with Gasteiger partial charge in [0.1, 0.15) is 11.5 Å². The van der Waals surface area contributed by atoms with Gasteiger partial charge >= 0.3 is 0 Å². The molecule has 0 aliphatic heterocycles. The maximum atomic E-state index is 15.2. The Morgan fingerprint density at radius 2 is 1.86 bits per heavy atom. The van der Waals surface area contributed by atoms with Crippen LogP contribution in [0, 0.1) is 5.82 Å². The number of carbonyl (C=O) groups excluding carboxylic acids is 1. The van der Waals surface area contributed by atoms with Crippen molar-refractivity contribution in [3.8, 4) is 22.4 Å². The van der Waals surface area contributed by atoms with Gasteiger partial charge in [0.2, 0.25) is 0 Å². The lowest BCUT2D eigenvalue weighted by molar-refractivity contribution is 0.0953. The van der Waals surface area contributed by atoms with E-state index in [1.54, 1.807) is 42.9 Å². The van der Waals surface area contributed by atoms with Crippen LogP contribution in [0.4, 0.5) is 4.39 Å². The smallest absolute Gasteiger partial charge is 0.251 e. The first kappa shape index (κ1) is 23.6. The molecule has 0 bridgehead atoms. The van der Waals surface area contributed by atoms with E-state index < -0.39 is 5.82 Å². The van der Waals surface area contributed by atoms with Gasteiger partial charge in [-0.1, -0.05) is 12.1 Å². The summed E-state index contributed by atoms with van der Waals surface area (Å²) in [5.74, 6) is -0.563. The first-order valence-corrected chi connectivity index (χ1v) is 11.9. The molecule has 0 atom stereocenters. The molecule has 8 heteroatoms. The number of aromatic nitrogens is 4. The summed E-state index contributed by atoms with van der Waals surface area (Å²) in [6.45, 7) is 1.61. The fourth-order valence-electron chi connectivity index (χ4n) is 4.33. The van der Waals surface area contributed by atoms with Crippen LogP contribution in [-0.4, -0.2) is 57.9 Å². The van der Waals surface area contributed by atoms with E-state index in [9.17, 15) is 4.79 Å². The number of halogens is 1. The number of nitrogens with zero attached hydrogens (tertiary/aromatic N) is 4. The molecule has 5 aromatic rings. The van der Waals surface area contributed by atoms with E-state index in [2.05, 4.69) is 30.2 Å². The number of nitrogens with one attached hydrogen (secondary N) is 2. The molecule has 0 aliphatic rings. The number of H-pyrrole nitrogens is 1. The lowest BCUT2D eigenvalue weighted by Crippen LogP contribution is -2.25. The number of hydrogen-bond donors (Lipinski definition) is 2. The Balaban J connectivity index is 1.46. The quantitative estimate of drug-likeness (QED) is 0.302. The normalized spacial score (nSPS) is 11.4. The van der Waals surface area contributed by atoms with Gasteiger partial charge < -0.3 is 15.2 Å². The van der Waals surface area contributed by atoms with Crippen LogP contribution in [-0.2, 0) is 0 Å². The Bertz CT molecular complexity index is 1510. The van der Waals surface area contributed by atoms with Gasteiger partial charge in [0.25, 0.3) is 5.91 Å². The minimum absolute atomic E-state index is 0.133. The molecule has 5 rings (SSSR count). The zero-order chi connectivity index (χ0) is 25.1. The molecule has 1 aromatic carbocycles. The Hall–Kier alpha value is -4.17. The minimum Gasteiger partial charge on any atom is -0.352 e. The van der Waals surface area contributed by atoms with E-state index >= 15 is 4.39 Å². The average Bonchev–Trinajstić information content (AvgIpc) is 3.27. The highest BCUT2D eigenvalue weighted by Gasteiger charge is 2.18. The summed E-state index contributed by atoms with van der Waals surface area (Å²) in [7, 11) is 4.07. The SMILES string of the molecule is CN(C)CCCCNC(=O)c1ccc(-c2c(F)cnc3[nH]c4cnc(-c5cccnc5)cc4c23)cc1. The lowest BCUT2D eigenvalue weighted by Gasteiger charge is -2.10. The van der Waals surface area contributed by atoms with E-state index in [1.807, 2.05) is 32.3 Å². The monoisotopic (exact) mass is 482 g/mol. The van der Waals surface area contributed by atoms with Crippen molar-refractivity contribution in [1.29, 1.82) is 0 Å². The second kappa shape index (κ2) is 10.2. The van der Waals surface area contributed by atoms with Crippen molar-refractivity contribution in [2.75, 3.05) is 27.2 Å². The maximum Gasteiger partial charge on any atom is 0.251 e. The first-order chi connectivity index (χ1) is 17.5. The molecule has 0 spiro atoms. The molecular weight excluding hydrogens is 455 g/mol. The first-order valence-electron chi connectivity index (χ1n) is 11.9. The lowest BCUT2D eigenvalue weighted by atomic mass is 9.99. The average molecular weight is 483 g/mol. The second-order valence-corrected chi connectivity index (χ2v) is 9.03. The largest absolute Gasteiger partial charge is 0.352 e. The molecule has 0 saturated carbocycles. The van der Waals surface area contributed by atoms with Crippen molar-refractivity contribution >= 4 is 27.8 Å². The molecule has 182 valence electrons. The zero-order valence-corrected chi connectivity index (χ0v) is 20.3. The highest BCUT2D eigenvalue weighted by Crippen LogP contribution is 2.36. The number of carbonyl (C=O) groups is 1. The molecule has 1 amide bonds. The predicted molar refractivity (Wildman–Crippen MR) is 140 cm³/mol. The number of hydrogen-bond acceptors (Lipinski definition) is 5. The summed E-state index contributed by atoms with van der Waals surface area (Å²) in [4.78, 5) is 30.9. The molecule has 36 heavy (non-hydrogen) atoms. The number of amides is 1. The highest BCUT2D eigenvalue weighted by molar-refractivity contribution is 6.13. The molecule has 0 fully saturated rings. The Morgan fingerprint density at radius 1 is 1.03 bits per heavy atom. The number of benzene rings is 1. The zero-order valence-electron chi connectivity index (χ0n) is 20.3. The van der Waals surface area contributed by atoms with Crippen LogP contribution in [0.3, 0.4) is 0 Å². The predicted octanol–water partition coefficient (Wildman–Crippen LogP) is 5.05. The molecule has 0 aliphatic carbocycles. The van der Waals surface area contributed by atoms with Crippen molar-refractivity contribution in [3.63, 3.8) is 0 Å². The summed E-state index contributed by atoms with van der Waals surface area (Å²) >= 11 is 0. The van der Waals surface area contributed by atoms with Crippen LogP contribution in [0.15, 0.2) is 67.3 Å². The van der Waals surface area contributed by atoms with E-state index in [0.717, 1.165) is 41.5 Å². The molecular formula is C28H27FN6O. The van der Waals surface area contributed by atoms with Gasteiger partial charge in [0.05, 0.1) is 23.6 Å². The summed E-state index contributed by atoms with van der Waals surface area (Å²) in [5, 5.41) is 4.45. The molecule has 4 heterocycles. The van der Waals surface area contributed by atoms with Gasteiger partial charge in [-0.3, -0.25) is 14.8 Å². The third-order valence-corrected chi connectivity index (χ3v) is 6.17. The van der Waals surface area contributed by atoms with Crippen molar-refractivity contribution in [2.45, 2.75) is 12.8 Å². The van der Waals surface area contributed by atoms with Crippen molar-refractivity contribution in [2.24, 2.45) is 0 Å². The van der Waals surface area contributed by atoms with Crippen LogP contribution in [0.2, 0.25) is 0 Å². The molecule has 0 radical (unpaired) electrons. The molecule has 2 N–H and O–H groups in total. The van der Waals surface area contributed by atoms with Gasteiger partial charge in [-0.25, -0.2) is 9.37 Å². The standard InChI is InChI=1S/C28H27FN6O/c1-35(2)13-4-3-12-31-28(36)19-9-7-18(8-10-19)25-22(29)16-33-27-26(25)21-14-23(32-17-24(21)34-27)20-6-5-11-30-15-20/h5-11,14-17H,3-4,12-13H2,1-2H3,(H,31,36)(H,33,34). The summed E-state index contributed by atoms with van der Waals surface area (Å²) in [6.07, 6.45) is 8.34. The highest BCUT2D eigenvalue weighted by atomic mass is 19.1. The fourth-order valence-corrected chi connectivity index (χ4v) is 4.33. The topological polar surface area (TPSA) is 86.8 Å².